The van der Waals surface area contributed by atoms with E-state index in [1.165, 1.54) is 24.3 Å². The van der Waals surface area contributed by atoms with E-state index in [2.05, 4.69) is 10.3 Å². The van der Waals surface area contributed by atoms with Crippen LogP contribution in [0.1, 0.15) is 20.7 Å². The van der Waals surface area contributed by atoms with Gasteiger partial charge in [-0.2, -0.15) is 0 Å². The maximum atomic E-state index is 12.3. The van der Waals surface area contributed by atoms with Gasteiger partial charge >= 0.3 is 0 Å². The van der Waals surface area contributed by atoms with Crippen LogP contribution in [0.15, 0.2) is 36.5 Å². The number of imide groups is 1. The molecule has 11 heteroatoms. The van der Waals surface area contributed by atoms with Crippen LogP contribution in [0.5, 0.6) is 0 Å². The standard InChI is InChI=1S/C14H9N5O6/c20-13-9-2-1-3-10(19(24)25)12(9)14(21)17(13)7-16-11-5-4-8(6-15-11)18(22)23/h1-6H,7H2,(H,15,16). The number of hydrogen-bond acceptors (Lipinski definition) is 8. The minimum absolute atomic E-state index is 0.0438. The summed E-state index contributed by atoms with van der Waals surface area (Å²) in [6.45, 7) is -0.283. The number of fused-ring (bicyclic) bond motifs is 1. The molecular formula is C14H9N5O6. The van der Waals surface area contributed by atoms with Gasteiger partial charge in [0.2, 0.25) is 0 Å². The number of nitro benzene ring substituents is 1. The predicted octanol–water partition coefficient (Wildman–Crippen LogP) is 1.56. The number of nitrogens with zero attached hydrogens (tertiary/aromatic N) is 4. The predicted molar refractivity (Wildman–Crippen MR) is 83.0 cm³/mol. The quantitative estimate of drug-likeness (QED) is 0.488. The molecule has 0 saturated carbocycles. The molecule has 1 aliphatic heterocycles. The Morgan fingerprint density at radius 1 is 1.04 bits per heavy atom. The average Bonchev–Trinajstić information content (AvgIpc) is 2.84. The first-order chi connectivity index (χ1) is 11.9. The Morgan fingerprint density at radius 2 is 1.80 bits per heavy atom. The zero-order chi connectivity index (χ0) is 18.1. The lowest BCUT2D eigenvalue weighted by molar-refractivity contribution is -0.385. The van der Waals surface area contributed by atoms with E-state index in [4.69, 9.17) is 0 Å². The van der Waals surface area contributed by atoms with Crippen LogP contribution in [0.3, 0.4) is 0 Å². The molecule has 2 amide bonds. The highest BCUT2D eigenvalue weighted by Crippen LogP contribution is 2.30. The molecule has 11 nitrogen and oxygen atoms in total. The Bertz CT molecular complexity index is 910. The van der Waals surface area contributed by atoms with Crippen molar-refractivity contribution in [1.82, 2.24) is 9.88 Å². The van der Waals surface area contributed by atoms with Gasteiger partial charge in [-0.3, -0.25) is 34.7 Å². The summed E-state index contributed by atoms with van der Waals surface area (Å²) >= 11 is 0. The van der Waals surface area contributed by atoms with Crippen molar-refractivity contribution in [3.63, 3.8) is 0 Å². The van der Waals surface area contributed by atoms with Gasteiger partial charge in [-0.25, -0.2) is 4.98 Å². The molecular weight excluding hydrogens is 334 g/mol. The van der Waals surface area contributed by atoms with Crippen molar-refractivity contribution in [3.8, 4) is 0 Å². The molecule has 0 fully saturated rings. The van der Waals surface area contributed by atoms with Crippen molar-refractivity contribution in [2.45, 2.75) is 0 Å². The Hall–Kier alpha value is -3.89. The molecule has 1 aliphatic rings. The number of benzene rings is 1. The van der Waals surface area contributed by atoms with E-state index in [0.717, 1.165) is 17.2 Å². The molecule has 0 unspecified atom stereocenters. The number of nitro groups is 2. The van der Waals surface area contributed by atoms with E-state index >= 15 is 0 Å². The summed E-state index contributed by atoms with van der Waals surface area (Å²) in [4.78, 5) is 49.5. The lowest BCUT2D eigenvalue weighted by Crippen LogP contribution is -2.34. The average molecular weight is 343 g/mol. The summed E-state index contributed by atoms with van der Waals surface area (Å²) in [7, 11) is 0. The molecule has 0 atom stereocenters. The third kappa shape index (κ3) is 2.73. The fourth-order valence-corrected chi connectivity index (χ4v) is 2.37. The second-order valence-corrected chi connectivity index (χ2v) is 4.99. The Morgan fingerprint density at radius 3 is 2.40 bits per heavy atom. The number of carbonyl (C=O) groups excluding carboxylic acids is 2. The van der Waals surface area contributed by atoms with Crippen LogP contribution in [0.2, 0.25) is 0 Å². The van der Waals surface area contributed by atoms with E-state index in [1.54, 1.807) is 0 Å². The van der Waals surface area contributed by atoms with Gasteiger partial charge in [-0.1, -0.05) is 6.07 Å². The summed E-state index contributed by atoms with van der Waals surface area (Å²) < 4.78 is 0. The topological polar surface area (TPSA) is 149 Å². The summed E-state index contributed by atoms with van der Waals surface area (Å²) in [6.07, 6.45) is 1.02. The van der Waals surface area contributed by atoms with Crippen LogP contribution in [0.4, 0.5) is 17.2 Å². The van der Waals surface area contributed by atoms with Crippen molar-refractivity contribution >= 4 is 29.0 Å². The molecule has 1 aromatic carbocycles. The lowest BCUT2D eigenvalue weighted by Gasteiger charge is -2.14. The molecule has 25 heavy (non-hydrogen) atoms. The van der Waals surface area contributed by atoms with Gasteiger partial charge < -0.3 is 5.32 Å². The fourth-order valence-electron chi connectivity index (χ4n) is 2.37. The smallest absolute Gasteiger partial charge is 0.287 e. The first kappa shape index (κ1) is 16.0. The number of pyridine rings is 1. The van der Waals surface area contributed by atoms with E-state index < -0.39 is 27.3 Å². The minimum Gasteiger partial charge on any atom is -0.352 e. The van der Waals surface area contributed by atoms with E-state index in [-0.39, 0.29) is 29.3 Å². The summed E-state index contributed by atoms with van der Waals surface area (Å²) in [6, 6.07) is 6.35. The van der Waals surface area contributed by atoms with Gasteiger partial charge in [0.1, 0.15) is 17.6 Å². The Kier molecular flexibility index (Phi) is 3.81. The zero-order valence-electron chi connectivity index (χ0n) is 12.4. The van der Waals surface area contributed by atoms with Crippen LogP contribution in [-0.2, 0) is 0 Å². The maximum Gasteiger partial charge on any atom is 0.287 e. The highest BCUT2D eigenvalue weighted by molar-refractivity contribution is 6.23. The Balaban J connectivity index is 1.79. The third-order valence-corrected chi connectivity index (χ3v) is 3.55. The van der Waals surface area contributed by atoms with E-state index in [1.807, 2.05) is 0 Å². The number of carbonyl (C=O) groups is 2. The number of hydrogen-bond donors (Lipinski definition) is 1. The first-order valence-corrected chi connectivity index (χ1v) is 6.88. The molecule has 3 rings (SSSR count). The van der Waals surface area contributed by atoms with E-state index in [0.29, 0.717) is 0 Å². The molecule has 126 valence electrons. The van der Waals surface area contributed by atoms with Crippen LogP contribution >= 0.6 is 0 Å². The lowest BCUT2D eigenvalue weighted by atomic mass is 10.1. The molecule has 2 heterocycles. The maximum absolute atomic E-state index is 12.3. The second-order valence-electron chi connectivity index (χ2n) is 4.99. The monoisotopic (exact) mass is 343 g/mol. The first-order valence-electron chi connectivity index (χ1n) is 6.88. The van der Waals surface area contributed by atoms with Gasteiger partial charge in [0, 0.05) is 12.1 Å². The number of aromatic nitrogens is 1. The summed E-state index contributed by atoms with van der Waals surface area (Å²) in [5, 5.41) is 24.3. The molecule has 0 aliphatic carbocycles. The summed E-state index contributed by atoms with van der Waals surface area (Å²) in [5.41, 5.74) is -0.942. The Labute approximate surface area is 139 Å². The highest BCUT2D eigenvalue weighted by atomic mass is 16.6. The van der Waals surface area contributed by atoms with Gasteiger partial charge in [0.05, 0.1) is 22.1 Å². The van der Waals surface area contributed by atoms with Crippen molar-refractivity contribution < 1.29 is 19.4 Å². The molecule has 2 aromatic rings. The van der Waals surface area contributed by atoms with Crippen LogP contribution in [0, 0.1) is 20.2 Å². The summed E-state index contributed by atoms with van der Waals surface area (Å²) in [5.74, 6) is -1.25. The third-order valence-electron chi connectivity index (χ3n) is 3.55. The van der Waals surface area contributed by atoms with Crippen LogP contribution in [-0.4, -0.2) is 38.2 Å². The van der Waals surface area contributed by atoms with E-state index in [9.17, 15) is 29.8 Å². The second kappa shape index (κ2) is 5.96. The van der Waals surface area contributed by atoms with Crippen LogP contribution in [0.25, 0.3) is 0 Å². The van der Waals surface area contributed by atoms with Crippen molar-refractivity contribution in [3.05, 3.63) is 67.9 Å². The van der Waals surface area contributed by atoms with Gasteiger partial charge in [0.15, 0.2) is 0 Å². The molecule has 1 aromatic heterocycles. The normalized spacial score (nSPS) is 12.9. The number of rotatable bonds is 5. The SMILES string of the molecule is O=C1c2cccc([N+](=O)[O-])c2C(=O)N1CNc1ccc([N+](=O)[O-])cn1. The van der Waals surface area contributed by atoms with Crippen molar-refractivity contribution in [2.75, 3.05) is 12.0 Å². The molecule has 0 spiro atoms. The fraction of sp³-hybridized carbons (Fsp3) is 0.0714. The van der Waals surface area contributed by atoms with Crippen molar-refractivity contribution in [1.29, 1.82) is 0 Å². The number of nitrogens with one attached hydrogen (secondary N) is 1. The highest BCUT2D eigenvalue weighted by Gasteiger charge is 2.40. The molecule has 1 N–H and O–H groups in total. The van der Waals surface area contributed by atoms with Gasteiger partial charge in [-0.15, -0.1) is 0 Å². The number of amides is 2. The van der Waals surface area contributed by atoms with Gasteiger partial charge in [0.25, 0.3) is 23.2 Å². The largest absolute Gasteiger partial charge is 0.352 e. The molecule has 0 radical (unpaired) electrons. The molecule has 0 bridgehead atoms. The number of anilines is 1. The van der Waals surface area contributed by atoms with Crippen LogP contribution < -0.4 is 5.32 Å². The van der Waals surface area contributed by atoms with Gasteiger partial charge in [-0.05, 0) is 12.1 Å². The molecule has 0 saturated heterocycles. The zero-order valence-corrected chi connectivity index (χ0v) is 12.4. The van der Waals surface area contributed by atoms with Crippen molar-refractivity contribution in [2.24, 2.45) is 0 Å². The minimum atomic E-state index is -0.790.